The van der Waals surface area contributed by atoms with Gasteiger partial charge < -0.3 is 19.9 Å². The fourth-order valence-corrected chi connectivity index (χ4v) is 6.06. The Bertz CT molecular complexity index is 1380. The summed E-state index contributed by atoms with van der Waals surface area (Å²) in [5.74, 6) is -0.144. The second-order valence-electron chi connectivity index (χ2n) is 10.6. The zero-order valence-corrected chi connectivity index (χ0v) is 22.4. The highest BCUT2D eigenvalue weighted by molar-refractivity contribution is 6.02. The van der Waals surface area contributed by atoms with Gasteiger partial charge in [-0.05, 0) is 49.4 Å². The van der Waals surface area contributed by atoms with Gasteiger partial charge in [0.05, 0.1) is 13.2 Å². The number of fused-ring (bicyclic) bond motifs is 1. The minimum atomic E-state index is -0.748. The van der Waals surface area contributed by atoms with Crippen LogP contribution in [-0.4, -0.2) is 59.0 Å². The number of rotatable bonds is 9. The first-order valence-electron chi connectivity index (χ1n) is 13.8. The molecule has 2 fully saturated rings. The van der Waals surface area contributed by atoms with Crippen LogP contribution in [0, 0.1) is 5.92 Å². The zero-order chi connectivity index (χ0) is 27.5. The SMILES string of the molecule is CCC(=O)[C@H](C[C@@H]1CCCC1=O)NC(=O)[C@@H]1C[C@@H](c2ccccc2)CN1C(=O)c1cc2c(OC)cccc2[nH]1. The fourth-order valence-electron chi connectivity index (χ4n) is 6.06. The summed E-state index contributed by atoms with van der Waals surface area (Å²) in [6, 6.07) is 15.7. The molecule has 39 heavy (non-hydrogen) atoms. The van der Waals surface area contributed by atoms with Gasteiger partial charge in [-0.1, -0.05) is 43.3 Å². The Morgan fingerprint density at radius 3 is 2.62 bits per heavy atom. The Hall–Kier alpha value is -3.94. The van der Waals surface area contributed by atoms with Crippen LogP contribution < -0.4 is 10.1 Å². The molecule has 0 spiro atoms. The lowest BCUT2D eigenvalue weighted by molar-refractivity contribution is -0.131. The van der Waals surface area contributed by atoms with E-state index in [9.17, 15) is 19.2 Å². The van der Waals surface area contributed by atoms with E-state index in [4.69, 9.17) is 4.74 Å². The number of aromatic nitrogens is 1. The molecule has 2 N–H and O–H groups in total. The molecule has 204 valence electrons. The molecule has 0 bridgehead atoms. The summed E-state index contributed by atoms with van der Waals surface area (Å²) in [5, 5.41) is 3.74. The molecule has 1 saturated heterocycles. The number of aromatic amines is 1. The number of nitrogens with one attached hydrogen (secondary N) is 2. The van der Waals surface area contributed by atoms with E-state index in [2.05, 4.69) is 10.3 Å². The number of benzene rings is 2. The van der Waals surface area contributed by atoms with E-state index in [1.54, 1.807) is 25.0 Å². The molecule has 3 aromatic rings. The van der Waals surface area contributed by atoms with Crippen molar-refractivity contribution in [2.45, 2.75) is 63.5 Å². The number of carbonyl (C=O) groups excluding carboxylic acids is 4. The molecule has 0 unspecified atom stereocenters. The summed E-state index contributed by atoms with van der Waals surface area (Å²) in [6.07, 6.45) is 3.13. The summed E-state index contributed by atoms with van der Waals surface area (Å²) in [5.41, 5.74) is 2.20. The summed E-state index contributed by atoms with van der Waals surface area (Å²) < 4.78 is 5.45. The molecule has 8 heteroatoms. The van der Waals surface area contributed by atoms with Gasteiger partial charge in [0.25, 0.3) is 5.91 Å². The molecule has 4 atom stereocenters. The monoisotopic (exact) mass is 529 g/mol. The van der Waals surface area contributed by atoms with Crippen molar-refractivity contribution in [3.63, 3.8) is 0 Å². The van der Waals surface area contributed by atoms with E-state index < -0.39 is 12.1 Å². The number of methoxy groups -OCH3 is 1. The Kier molecular flexibility index (Phi) is 7.82. The lowest BCUT2D eigenvalue weighted by Gasteiger charge is -2.26. The van der Waals surface area contributed by atoms with Crippen molar-refractivity contribution < 1.29 is 23.9 Å². The van der Waals surface area contributed by atoms with E-state index >= 15 is 0 Å². The molecule has 5 rings (SSSR count). The third-order valence-electron chi connectivity index (χ3n) is 8.21. The van der Waals surface area contributed by atoms with E-state index in [0.29, 0.717) is 37.3 Å². The highest BCUT2D eigenvalue weighted by atomic mass is 16.5. The van der Waals surface area contributed by atoms with Crippen molar-refractivity contribution >= 4 is 34.3 Å². The van der Waals surface area contributed by atoms with Gasteiger partial charge in [-0.15, -0.1) is 0 Å². The van der Waals surface area contributed by atoms with Crippen LogP contribution in [-0.2, 0) is 14.4 Å². The van der Waals surface area contributed by atoms with Gasteiger partial charge >= 0.3 is 0 Å². The van der Waals surface area contributed by atoms with Crippen molar-refractivity contribution in [3.05, 3.63) is 65.9 Å². The highest BCUT2D eigenvalue weighted by Crippen LogP contribution is 2.34. The van der Waals surface area contributed by atoms with Crippen LogP contribution in [0.25, 0.3) is 10.9 Å². The number of amides is 2. The molecule has 1 aliphatic heterocycles. The molecule has 0 radical (unpaired) electrons. The maximum atomic E-state index is 13.9. The van der Waals surface area contributed by atoms with Gasteiger partial charge in [-0.2, -0.15) is 0 Å². The number of H-pyrrole nitrogens is 1. The molecule has 1 aromatic heterocycles. The fraction of sp³-hybridized carbons (Fsp3) is 0.419. The van der Waals surface area contributed by atoms with E-state index in [0.717, 1.165) is 29.3 Å². The Labute approximate surface area is 228 Å². The van der Waals surface area contributed by atoms with E-state index in [-0.39, 0.29) is 41.6 Å². The molecular weight excluding hydrogens is 494 g/mol. The molecule has 2 amide bonds. The van der Waals surface area contributed by atoms with Gasteiger partial charge in [0.2, 0.25) is 5.91 Å². The standard InChI is InChI=1S/C31H35N3O5/c1-3-27(35)24(15-20-11-7-13-28(20)36)33-30(37)26-16-21(19-9-5-4-6-10-19)18-34(26)31(38)25-17-22-23(32-25)12-8-14-29(22)39-2/h4-6,8-10,12,14,17,20-21,24,26,32H,3,7,11,13,15-16,18H2,1-2H3,(H,33,37)/t20-,21+,24-,26-/m0/s1. The van der Waals surface area contributed by atoms with Gasteiger partial charge in [0, 0.05) is 42.1 Å². The number of ketones is 2. The van der Waals surface area contributed by atoms with Crippen LogP contribution in [0.4, 0.5) is 0 Å². The predicted molar refractivity (Wildman–Crippen MR) is 148 cm³/mol. The largest absolute Gasteiger partial charge is 0.496 e. The minimum absolute atomic E-state index is 0.0263. The Morgan fingerprint density at radius 1 is 1.13 bits per heavy atom. The summed E-state index contributed by atoms with van der Waals surface area (Å²) >= 11 is 0. The summed E-state index contributed by atoms with van der Waals surface area (Å²) in [4.78, 5) is 57.5. The van der Waals surface area contributed by atoms with Crippen LogP contribution >= 0.6 is 0 Å². The second kappa shape index (κ2) is 11.4. The normalized spacial score (nSPS) is 21.7. The van der Waals surface area contributed by atoms with Crippen molar-refractivity contribution in [3.8, 4) is 5.75 Å². The van der Waals surface area contributed by atoms with Crippen LogP contribution in [0.3, 0.4) is 0 Å². The molecule has 8 nitrogen and oxygen atoms in total. The highest BCUT2D eigenvalue weighted by Gasteiger charge is 2.42. The third kappa shape index (κ3) is 5.46. The minimum Gasteiger partial charge on any atom is -0.496 e. The number of ether oxygens (including phenoxy) is 1. The zero-order valence-electron chi connectivity index (χ0n) is 22.4. The van der Waals surface area contributed by atoms with E-state index in [1.807, 2.05) is 48.5 Å². The van der Waals surface area contributed by atoms with Gasteiger partial charge in [0.1, 0.15) is 23.3 Å². The van der Waals surface area contributed by atoms with E-state index in [1.165, 1.54) is 0 Å². The second-order valence-corrected chi connectivity index (χ2v) is 10.6. The van der Waals surface area contributed by atoms with Crippen molar-refractivity contribution in [2.75, 3.05) is 13.7 Å². The topological polar surface area (TPSA) is 109 Å². The number of carbonyl (C=O) groups is 4. The van der Waals surface area contributed by atoms with Gasteiger partial charge in [-0.3, -0.25) is 19.2 Å². The summed E-state index contributed by atoms with van der Waals surface area (Å²) in [7, 11) is 1.59. The van der Waals surface area contributed by atoms with Crippen LogP contribution in [0.1, 0.15) is 67.4 Å². The number of likely N-dealkylation sites (tertiary alicyclic amines) is 1. The lowest BCUT2D eigenvalue weighted by atomic mass is 9.93. The first-order valence-corrected chi connectivity index (χ1v) is 13.8. The molecular formula is C31H35N3O5. The molecule has 2 heterocycles. The first-order chi connectivity index (χ1) is 18.9. The summed E-state index contributed by atoms with van der Waals surface area (Å²) in [6.45, 7) is 2.14. The average molecular weight is 530 g/mol. The molecule has 2 aromatic carbocycles. The van der Waals surface area contributed by atoms with Gasteiger partial charge in [-0.25, -0.2) is 0 Å². The van der Waals surface area contributed by atoms with Crippen LogP contribution in [0.2, 0.25) is 0 Å². The lowest BCUT2D eigenvalue weighted by Crippen LogP contribution is -2.51. The Balaban J connectivity index is 1.42. The molecule has 1 aliphatic carbocycles. The molecule has 2 aliphatic rings. The number of hydrogen-bond donors (Lipinski definition) is 2. The number of hydrogen-bond acceptors (Lipinski definition) is 5. The van der Waals surface area contributed by atoms with Gasteiger partial charge in [0.15, 0.2) is 5.78 Å². The van der Waals surface area contributed by atoms with Crippen LogP contribution in [0.5, 0.6) is 5.75 Å². The quantitative estimate of drug-likeness (QED) is 0.427. The van der Waals surface area contributed by atoms with Crippen molar-refractivity contribution in [1.29, 1.82) is 0 Å². The number of Topliss-reactive ketones (excluding diaryl/α,β-unsaturated/α-hetero) is 2. The third-order valence-corrected chi connectivity index (χ3v) is 8.21. The smallest absolute Gasteiger partial charge is 0.271 e. The molecule has 1 saturated carbocycles. The van der Waals surface area contributed by atoms with Crippen molar-refractivity contribution in [1.82, 2.24) is 15.2 Å². The maximum absolute atomic E-state index is 13.9. The first kappa shape index (κ1) is 26.7. The maximum Gasteiger partial charge on any atom is 0.271 e. The predicted octanol–water partition coefficient (Wildman–Crippen LogP) is 4.40. The Morgan fingerprint density at radius 2 is 1.92 bits per heavy atom. The average Bonchev–Trinajstić information content (AvgIpc) is 3.70. The van der Waals surface area contributed by atoms with Crippen LogP contribution in [0.15, 0.2) is 54.6 Å². The van der Waals surface area contributed by atoms with Crippen molar-refractivity contribution in [2.24, 2.45) is 5.92 Å². The number of nitrogens with zero attached hydrogens (tertiary/aromatic N) is 1.